The third-order valence-electron chi connectivity index (χ3n) is 3.62. The Labute approximate surface area is 122 Å². The van der Waals surface area contributed by atoms with E-state index in [2.05, 4.69) is 0 Å². The molecule has 0 saturated heterocycles. The number of halogens is 3. The van der Waals surface area contributed by atoms with Crippen molar-refractivity contribution < 1.29 is 18.3 Å². The maximum absolute atomic E-state index is 13.0. The van der Waals surface area contributed by atoms with Crippen LogP contribution in [0.4, 0.5) is 13.2 Å². The van der Waals surface area contributed by atoms with Crippen molar-refractivity contribution in [2.75, 3.05) is 0 Å². The van der Waals surface area contributed by atoms with Gasteiger partial charge >= 0.3 is 6.18 Å². The monoisotopic (exact) mass is 296 g/mol. The molecule has 1 unspecified atom stereocenters. The summed E-state index contributed by atoms with van der Waals surface area (Å²) in [4.78, 5) is 0. The molecule has 1 aliphatic rings. The van der Waals surface area contributed by atoms with Gasteiger partial charge in [-0.05, 0) is 36.0 Å². The van der Waals surface area contributed by atoms with Crippen LogP contribution in [0.15, 0.2) is 24.3 Å². The molecule has 1 aromatic carbocycles. The van der Waals surface area contributed by atoms with Crippen LogP contribution in [0.3, 0.4) is 0 Å². The van der Waals surface area contributed by atoms with Gasteiger partial charge in [0.15, 0.2) is 6.10 Å². The summed E-state index contributed by atoms with van der Waals surface area (Å²) in [5.41, 5.74) is 1.85. The zero-order valence-corrected chi connectivity index (χ0v) is 12.0. The molecule has 0 aromatic heterocycles. The molecule has 1 nitrogen and oxygen atoms in total. The molecule has 1 atom stereocenters. The second-order valence-corrected chi connectivity index (χ2v) is 5.21. The topological polar surface area (TPSA) is 20.2 Å². The van der Waals surface area contributed by atoms with Crippen LogP contribution in [0, 0.1) is 0 Å². The maximum Gasteiger partial charge on any atom is 0.418 e. The number of alkyl halides is 3. The molecular weight excluding hydrogens is 277 g/mol. The molecule has 1 N–H and O–H groups in total. The van der Waals surface area contributed by atoms with Gasteiger partial charge in [0, 0.05) is 5.56 Å². The van der Waals surface area contributed by atoms with Crippen LogP contribution >= 0.6 is 0 Å². The minimum Gasteiger partial charge on any atom is -0.379 e. The summed E-state index contributed by atoms with van der Waals surface area (Å²) in [6.07, 6.45) is 3.20. The van der Waals surface area contributed by atoms with Crippen molar-refractivity contribution in [3.63, 3.8) is 0 Å². The fourth-order valence-electron chi connectivity index (χ4n) is 2.58. The van der Waals surface area contributed by atoms with E-state index in [0.29, 0.717) is 24.0 Å². The van der Waals surface area contributed by atoms with Gasteiger partial charge in [-0.15, -0.1) is 0 Å². The highest BCUT2D eigenvalue weighted by molar-refractivity contribution is 5.66. The van der Waals surface area contributed by atoms with Crippen LogP contribution in [-0.2, 0) is 6.42 Å². The van der Waals surface area contributed by atoms with Gasteiger partial charge < -0.3 is 5.11 Å². The first-order valence-electron chi connectivity index (χ1n) is 7.18. The van der Waals surface area contributed by atoms with Gasteiger partial charge in [0.2, 0.25) is 0 Å². The summed E-state index contributed by atoms with van der Waals surface area (Å²) in [5, 5.41) is 9.77. The van der Waals surface area contributed by atoms with Crippen molar-refractivity contribution in [2.24, 2.45) is 0 Å². The van der Waals surface area contributed by atoms with Crippen LogP contribution in [0.2, 0.25) is 0 Å². The van der Waals surface area contributed by atoms with Crippen LogP contribution in [0.1, 0.15) is 54.5 Å². The Morgan fingerprint density at radius 2 is 2.10 bits per heavy atom. The number of hydrogen-bond acceptors (Lipinski definition) is 1. The van der Waals surface area contributed by atoms with E-state index < -0.39 is 12.3 Å². The average molecular weight is 296 g/mol. The number of allylic oxidation sites excluding steroid dienone is 2. The van der Waals surface area contributed by atoms with Crippen LogP contribution < -0.4 is 0 Å². The summed E-state index contributed by atoms with van der Waals surface area (Å²) in [7, 11) is 0. The minimum absolute atomic E-state index is 0.0108. The maximum atomic E-state index is 13.0. The van der Waals surface area contributed by atoms with Gasteiger partial charge in [0.25, 0.3) is 0 Å². The highest BCUT2D eigenvalue weighted by Gasteiger charge is 2.41. The van der Waals surface area contributed by atoms with E-state index in [9.17, 15) is 18.3 Å². The van der Waals surface area contributed by atoms with E-state index in [1.807, 2.05) is 31.2 Å². The highest BCUT2D eigenvalue weighted by atomic mass is 19.4. The molecule has 2 rings (SSSR count). The van der Waals surface area contributed by atoms with E-state index >= 15 is 0 Å². The van der Waals surface area contributed by atoms with Crippen molar-refractivity contribution in [1.29, 1.82) is 0 Å². The molecule has 0 fully saturated rings. The smallest absolute Gasteiger partial charge is 0.379 e. The van der Waals surface area contributed by atoms with Gasteiger partial charge in [-0.3, -0.25) is 0 Å². The van der Waals surface area contributed by atoms with Crippen molar-refractivity contribution in [1.82, 2.24) is 0 Å². The second-order valence-electron chi connectivity index (χ2n) is 5.21. The Bertz CT molecular complexity index is 556. The standard InChI is InChI=1S/C17H19F3O/c1-2-3-4-8-13-11-10-12-7-5-6-9-14(12)15(13)16(21)17(18,19)20/h4-5,7-8,10-11,16,21H,2-3,6,9H2,1H3/b8-4-. The quantitative estimate of drug-likeness (QED) is 0.824. The number of benzene rings is 1. The van der Waals surface area contributed by atoms with Crippen molar-refractivity contribution in [3.8, 4) is 0 Å². The Hall–Kier alpha value is -1.55. The summed E-state index contributed by atoms with van der Waals surface area (Å²) < 4.78 is 38.9. The van der Waals surface area contributed by atoms with Gasteiger partial charge in [0.1, 0.15) is 0 Å². The van der Waals surface area contributed by atoms with Crippen molar-refractivity contribution in [3.05, 3.63) is 46.5 Å². The fraction of sp³-hybridized carbons (Fsp3) is 0.412. The lowest BCUT2D eigenvalue weighted by molar-refractivity contribution is -0.207. The van der Waals surface area contributed by atoms with E-state index in [4.69, 9.17) is 0 Å². The molecule has 114 valence electrons. The molecular formula is C17H19F3O. The predicted octanol–water partition coefficient (Wildman–Crippen LogP) is 5.06. The average Bonchev–Trinajstić information content (AvgIpc) is 2.45. The molecule has 0 amide bonds. The summed E-state index contributed by atoms with van der Waals surface area (Å²) in [6, 6.07) is 3.48. The van der Waals surface area contributed by atoms with E-state index in [0.717, 1.165) is 18.4 Å². The number of aliphatic hydroxyl groups is 1. The molecule has 0 spiro atoms. The van der Waals surface area contributed by atoms with Gasteiger partial charge in [-0.2, -0.15) is 13.2 Å². The first-order valence-corrected chi connectivity index (χ1v) is 7.18. The van der Waals surface area contributed by atoms with Gasteiger partial charge in [0.05, 0.1) is 0 Å². The van der Waals surface area contributed by atoms with Gasteiger partial charge in [-0.25, -0.2) is 0 Å². The number of rotatable bonds is 4. The highest BCUT2D eigenvalue weighted by Crippen LogP contribution is 2.39. The largest absolute Gasteiger partial charge is 0.418 e. The number of fused-ring (bicyclic) bond motifs is 1. The fourth-order valence-corrected chi connectivity index (χ4v) is 2.58. The van der Waals surface area contributed by atoms with E-state index in [1.54, 1.807) is 12.1 Å². The van der Waals surface area contributed by atoms with E-state index in [1.165, 1.54) is 0 Å². The third kappa shape index (κ3) is 3.56. The summed E-state index contributed by atoms with van der Waals surface area (Å²) >= 11 is 0. The molecule has 4 heteroatoms. The molecule has 1 aromatic rings. The van der Waals surface area contributed by atoms with Crippen LogP contribution in [-0.4, -0.2) is 11.3 Å². The van der Waals surface area contributed by atoms with Crippen molar-refractivity contribution in [2.45, 2.75) is 44.9 Å². The summed E-state index contributed by atoms with van der Waals surface area (Å²) in [6.45, 7) is 2.01. The lowest BCUT2D eigenvalue weighted by Crippen LogP contribution is -2.23. The number of hydrogen-bond donors (Lipinski definition) is 1. The van der Waals surface area contributed by atoms with Crippen LogP contribution in [0.5, 0.6) is 0 Å². The Morgan fingerprint density at radius 1 is 1.33 bits per heavy atom. The molecule has 0 saturated carbocycles. The molecule has 1 aliphatic carbocycles. The Kier molecular flexibility index (Phi) is 4.88. The lowest BCUT2D eigenvalue weighted by atomic mass is 9.86. The molecule has 21 heavy (non-hydrogen) atoms. The second kappa shape index (κ2) is 6.48. The summed E-state index contributed by atoms with van der Waals surface area (Å²) in [5.74, 6) is 0. The lowest BCUT2D eigenvalue weighted by Gasteiger charge is -2.23. The number of aliphatic hydroxyl groups excluding tert-OH is 1. The Morgan fingerprint density at radius 3 is 2.76 bits per heavy atom. The predicted molar refractivity (Wildman–Crippen MR) is 78.8 cm³/mol. The van der Waals surface area contributed by atoms with E-state index in [-0.39, 0.29) is 5.56 Å². The normalized spacial score (nSPS) is 16.2. The molecule has 0 radical (unpaired) electrons. The number of unbranched alkanes of at least 4 members (excludes halogenated alkanes) is 1. The van der Waals surface area contributed by atoms with Crippen LogP contribution in [0.25, 0.3) is 12.2 Å². The van der Waals surface area contributed by atoms with Crippen molar-refractivity contribution >= 4 is 12.2 Å². The zero-order valence-electron chi connectivity index (χ0n) is 12.0. The first kappa shape index (κ1) is 15.8. The SMILES string of the molecule is CCC/C=C\c1ccc2c(c1C(O)C(F)(F)F)CCC=C2. The van der Waals surface area contributed by atoms with Gasteiger partial charge in [-0.1, -0.05) is 49.8 Å². The zero-order chi connectivity index (χ0) is 15.5. The minimum atomic E-state index is -4.65. The molecule has 0 aliphatic heterocycles. The third-order valence-corrected chi connectivity index (χ3v) is 3.62. The Balaban J connectivity index is 2.53. The molecule has 0 bridgehead atoms. The molecule has 0 heterocycles. The first-order chi connectivity index (χ1) is 9.95.